The minimum absolute atomic E-state index is 0.0416. The summed E-state index contributed by atoms with van der Waals surface area (Å²) in [5, 5.41) is 3.58. The highest BCUT2D eigenvalue weighted by molar-refractivity contribution is 5.72. The highest BCUT2D eigenvalue weighted by Crippen LogP contribution is 2.06. The Labute approximate surface area is 81.1 Å². The molecule has 0 aliphatic carbocycles. The van der Waals surface area contributed by atoms with Gasteiger partial charge in [0.1, 0.15) is 6.61 Å². The van der Waals surface area contributed by atoms with Crippen LogP contribution >= 0.6 is 0 Å². The van der Waals surface area contributed by atoms with Gasteiger partial charge in [0.15, 0.2) is 6.10 Å². The number of nitrogens with two attached hydrogens (primary N) is 1. The Morgan fingerprint density at radius 1 is 1.86 bits per heavy atom. The van der Waals surface area contributed by atoms with Crippen LogP contribution in [0.2, 0.25) is 0 Å². The number of likely N-dealkylation sites (N-methyl/N-ethyl adjacent to an activating group) is 1. The van der Waals surface area contributed by atoms with Crippen LogP contribution in [0, 0.1) is 0 Å². The van der Waals surface area contributed by atoms with Crippen molar-refractivity contribution in [2.24, 2.45) is 5.84 Å². The van der Waals surface area contributed by atoms with E-state index in [1.54, 1.807) is 7.05 Å². The van der Waals surface area contributed by atoms with Crippen molar-refractivity contribution >= 4 is 12.1 Å². The van der Waals surface area contributed by atoms with Gasteiger partial charge in [-0.25, -0.2) is 15.6 Å². The molecule has 14 heavy (non-hydrogen) atoms. The second kappa shape index (κ2) is 4.77. The van der Waals surface area contributed by atoms with Gasteiger partial charge in [-0.05, 0) is 7.05 Å². The lowest BCUT2D eigenvalue weighted by Crippen LogP contribution is -2.33. The molecule has 3 N–H and O–H groups in total. The lowest BCUT2D eigenvalue weighted by atomic mass is 10.4. The topological polar surface area (TPSA) is 93.9 Å². The summed E-state index contributed by atoms with van der Waals surface area (Å²) in [6.45, 7) is 0.415. The maximum Gasteiger partial charge on any atom is 0.424 e. The van der Waals surface area contributed by atoms with Gasteiger partial charge in [-0.15, -0.1) is 0 Å². The van der Waals surface area contributed by atoms with E-state index in [1.807, 2.05) is 0 Å². The van der Waals surface area contributed by atoms with Crippen LogP contribution in [0.4, 0.5) is 4.79 Å². The van der Waals surface area contributed by atoms with Gasteiger partial charge >= 0.3 is 12.1 Å². The van der Waals surface area contributed by atoms with E-state index in [1.165, 1.54) is 0 Å². The summed E-state index contributed by atoms with van der Waals surface area (Å²) >= 11 is 0. The molecule has 0 aromatic carbocycles. The Hall–Kier alpha value is -1.34. The zero-order valence-corrected chi connectivity index (χ0v) is 7.86. The van der Waals surface area contributed by atoms with Gasteiger partial charge in [0, 0.05) is 0 Å². The molecule has 0 aromatic heterocycles. The van der Waals surface area contributed by atoms with Crippen molar-refractivity contribution in [1.82, 2.24) is 10.3 Å². The van der Waals surface area contributed by atoms with E-state index < -0.39 is 12.2 Å². The van der Waals surface area contributed by atoms with Gasteiger partial charge in [0.2, 0.25) is 0 Å². The Morgan fingerprint density at radius 2 is 2.57 bits per heavy atom. The summed E-state index contributed by atoms with van der Waals surface area (Å²) in [6, 6.07) is 0. The standard InChI is InChI=1S/C7H13N3O4/c1-9-2-6(11)13-4-5-3-10(8)7(12)14-5/h5,9H,2-4,8H2,1H3/t5-/m0/s1. The molecule has 1 heterocycles. The zero-order valence-electron chi connectivity index (χ0n) is 7.86. The molecular weight excluding hydrogens is 190 g/mol. The molecule has 7 nitrogen and oxygen atoms in total. The highest BCUT2D eigenvalue weighted by atomic mass is 16.6. The van der Waals surface area contributed by atoms with E-state index in [0.717, 1.165) is 5.01 Å². The monoisotopic (exact) mass is 203 g/mol. The molecule has 0 spiro atoms. The molecule has 0 bridgehead atoms. The molecule has 1 rings (SSSR count). The minimum Gasteiger partial charge on any atom is -0.461 e. The van der Waals surface area contributed by atoms with Crippen molar-refractivity contribution in [3.8, 4) is 0 Å². The Bertz CT molecular complexity index is 233. The van der Waals surface area contributed by atoms with Gasteiger partial charge in [-0.1, -0.05) is 0 Å². The first-order valence-corrected chi connectivity index (χ1v) is 4.16. The van der Waals surface area contributed by atoms with Gasteiger partial charge in [0.05, 0.1) is 13.1 Å². The number of nitrogens with zero attached hydrogens (tertiary/aromatic N) is 1. The quantitative estimate of drug-likeness (QED) is 0.326. The van der Waals surface area contributed by atoms with E-state index in [9.17, 15) is 9.59 Å². The molecule has 80 valence electrons. The summed E-state index contributed by atoms with van der Waals surface area (Å²) in [7, 11) is 1.64. The number of amides is 1. The third-order valence-corrected chi connectivity index (χ3v) is 1.65. The molecule has 1 saturated heterocycles. The molecule has 0 aromatic rings. The number of hydrazine groups is 1. The fraction of sp³-hybridized carbons (Fsp3) is 0.714. The summed E-state index contributed by atoms with van der Waals surface area (Å²) in [5.41, 5.74) is 0. The lowest BCUT2D eigenvalue weighted by Gasteiger charge is -2.08. The van der Waals surface area contributed by atoms with Gasteiger partial charge in [-0.3, -0.25) is 4.79 Å². The number of nitrogens with one attached hydrogen (secondary N) is 1. The van der Waals surface area contributed by atoms with Crippen molar-refractivity contribution in [3.63, 3.8) is 0 Å². The molecule has 1 aliphatic heterocycles. The molecule has 1 fully saturated rings. The third-order valence-electron chi connectivity index (χ3n) is 1.65. The fourth-order valence-electron chi connectivity index (χ4n) is 1.01. The van der Waals surface area contributed by atoms with Crippen LogP contribution in [-0.4, -0.2) is 49.9 Å². The summed E-state index contributed by atoms with van der Waals surface area (Å²) in [6.07, 6.45) is -1.06. The number of hydrogen-bond acceptors (Lipinski definition) is 6. The van der Waals surface area contributed by atoms with Gasteiger partial charge in [-0.2, -0.15) is 0 Å². The fourth-order valence-corrected chi connectivity index (χ4v) is 1.01. The van der Waals surface area contributed by atoms with Crippen LogP contribution < -0.4 is 11.2 Å². The van der Waals surface area contributed by atoms with Crippen LogP contribution in [0.3, 0.4) is 0 Å². The van der Waals surface area contributed by atoms with Gasteiger partial charge in [0.25, 0.3) is 0 Å². The van der Waals surface area contributed by atoms with Gasteiger partial charge < -0.3 is 14.8 Å². The van der Waals surface area contributed by atoms with Crippen molar-refractivity contribution < 1.29 is 19.1 Å². The molecule has 0 saturated carbocycles. The maximum absolute atomic E-state index is 10.9. The van der Waals surface area contributed by atoms with Crippen LogP contribution in [0.1, 0.15) is 0 Å². The molecular formula is C7H13N3O4. The normalized spacial score (nSPS) is 20.9. The van der Waals surface area contributed by atoms with Crippen LogP contribution in [0.5, 0.6) is 0 Å². The first kappa shape index (κ1) is 10.7. The zero-order chi connectivity index (χ0) is 10.6. The van der Waals surface area contributed by atoms with Crippen LogP contribution in [0.15, 0.2) is 0 Å². The summed E-state index contributed by atoms with van der Waals surface area (Å²) in [5.74, 6) is 4.85. The molecule has 0 radical (unpaired) electrons. The maximum atomic E-state index is 10.9. The second-order valence-corrected chi connectivity index (χ2v) is 2.87. The van der Waals surface area contributed by atoms with E-state index in [-0.39, 0.29) is 25.7 Å². The first-order chi connectivity index (χ1) is 6.63. The Morgan fingerprint density at radius 3 is 3.07 bits per heavy atom. The predicted molar refractivity (Wildman–Crippen MR) is 46.0 cm³/mol. The number of rotatable bonds is 4. The number of cyclic esters (lactones) is 1. The average Bonchev–Trinajstić information content (AvgIpc) is 2.44. The summed E-state index contributed by atoms with van der Waals surface area (Å²) in [4.78, 5) is 21.7. The predicted octanol–water partition coefficient (Wildman–Crippen LogP) is -1.56. The Balaban J connectivity index is 2.20. The van der Waals surface area contributed by atoms with Crippen molar-refractivity contribution in [1.29, 1.82) is 0 Å². The molecule has 1 aliphatic rings. The SMILES string of the molecule is CNCC(=O)OC[C@@H]1CN(N)C(=O)O1. The van der Waals surface area contributed by atoms with Crippen molar-refractivity contribution in [2.75, 3.05) is 26.7 Å². The second-order valence-electron chi connectivity index (χ2n) is 2.87. The van der Waals surface area contributed by atoms with E-state index >= 15 is 0 Å². The van der Waals surface area contributed by atoms with E-state index in [2.05, 4.69) is 5.32 Å². The van der Waals surface area contributed by atoms with Crippen molar-refractivity contribution in [3.05, 3.63) is 0 Å². The highest BCUT2D eigenvalue weighted by Gasteiger charge is 2.29. The number of esters is 1. The molecule has 1 atom stereocenters. The third kappa shape index (κ3) is 2.86. The first-order valence-electron chi connectivity index (χ1n) is 4.16. The molecule has 7 heteroatoms. The molecule has 0 unspecified atom stereocenters. The number of carbonyl (C=O) groups excluding carboxylic acids is 2. The lowest BCUT2D eigenvalue weighted by molar-refractivity contribution is -0.144. The van der Waals surface area contributed by atoms with Crippen molar-refractivity contribution in [2.45, 2.75) is 6.10 Å². The van der Waals surface area contributed by atoms with E-state index in [0.29, 0.717) is 0 Å². The van der Waals surface area contributed by atoms with E-state index in [4.69, 9.17) is 15.3 Å². The minimum atomic E-state index is -0.598. The summed E-state index contributed by atoms with van der Waals surface area (Å²) < 4.78 is 9.57. The smallest absolute Gasteiger partial charge is 0.424 e. The molecule has 1 amide bonds. The number of hydrogen-bond donors (Lipinski definition) is 2. The van der Waals surface area contributed by atoms with Crippen LogP contribution in [0.25, 0.3) is 0 Å². The average molecular weight is 203 g/mol. The largest absolute Gasteiger partial charge is 0.461 e. The number of carbonyl (C=O) groups is 2. The number of ether oxygens (including phenoxy) is 2. The Kier molecular flexibility index (Phi) is 3.66. The van der Waals surface area contributed by atoms with Crippen LogP contribution in [-0.2, 0) is 14.3 Å².